The molecule has 1 aliphatic rings. The van der Waals surface area contributed by atoms with Crippen molar-refractivity contribution in [2.75, 3.05) is 13.1 Å². The summed E-state index contributed by atoms with van der Waals surface area (Å²) in [5.41, 5.74) is -1.57. The number of carboxylic acid groups (broad SMARTS) is 1. The number of ether oxygens (including phenoxy) is 1. The highest BCUT2D eigenvalue weighted by Gasteiger charge is 2.54. The van der Waals surface area contributed by atoms with Gasteiger partial charge >= 0.3 is 12.1 Å². The van der Waals surface area contributed by atoms with Gasteiger partial charge in [-0.15, -0.1) is 0 Å². The number of nitrogens with zero attached hydrogens (tertiary/aromatic N) is 1. The molecule has 1 aromatic carbocycles. The first-order valence-electron chi connectivity index (χ1n) is 6.85. The van der Waals surface area contributed by atoms with Crippen LogP contribution in [0.15, 0.2) is 30.3 Å². The van der Waals surface area contributed by atoms with Crippen LogP contribution < -0.4 is 0 Å². The number of hydrogen-bond donors (Lipinski definition) is 1. The molecule has 0 bridgehead atoms. The molecule has 2 atom stereocenters. The lowest BCUT2D eigenvalue weighted by atomic mass is 9.91. The van der Waals surface area contributed by atoms with Crippen LogP contribution in [-0.2, 0) is 16.1 Å². The molecule has 5 nitrogen and oxygen atoms in total. The fourth-order valence-electron chi connectivity index (χ4n) is 2.53. The van der Waals surface area contributed by atoms with Gasteiger partial charge in [0.1, 0.15) is 6.61 Å². The first-order chi connectivity index (χ1) is 9.97. The summed E-state index contributed by atoms with van der Waals surface area (Å²) < 4.78 is 19.5. The second-order valence-corrected chi connectivity index (χ2v) is 5.19. The largest absolute Gasteiger partial charge is 0.479 e. The van der Waals surface area contributed by atoms with Crippen LogP contribution in [0.1, 0.15) is 18.9 Å². The monoisotopic (exact) mass is 295 g/mol. The molecule has 1 aliphatic heterocycles. The van der Waals surface area contributed by atoms with Crippen LogP contribution in [0, 0.1) is 5.92 Å². The minimum Gasteiger partial charge on any atom is -0.479 e. The highest BCUT2D eigenvalue weighted by Crippen LogP contribution is 2.34. The average Bonchev–Trinajstić information content (AvgIpc) is 2.84. The van der Waals surface area contributed by atoms with E-state index in [0.29, 0.717) is 6.42 Å². The number of hydrogen-bond acceptors (Lipinski definition) is 3. The van der Waals surface area contributed by atoms with Gasteiger partial charge in [-0.05, 0) is 12.0 Å². The molecule has 6 heteroatoms. The second-order valence-electron chi connectivity index (χ2n) is 5.19. The summed E-state index contributed by atoms with van der Waals surface area (Å²) in [5, 5.41) is 9.03. The Labute approximate surface area is 122 Å². The van der Waals surface area contributed by atoms with Gasteiger partial charge in [-0.1, -0.05) is 37.3 Å². The predicted molar refractivity (Wildman–Crippen MR) is 73.5 cm³/mol. The Morgan fingerprint density at radius 3 is 2.62 bits per heavy atom. The molecule has 0 radical (unpaired) electrons. The highest BCUT2D eigenvalue weighted by atomic mass is 19.1. The van der Waals surface area contributed by atoms with Crippen molar-refractivity contribution in [3.8, 4) is 0 Å². The van der Waals surface area contributed by atoms with Crippen molar-refractivity contribution in [2.45, 2.75) is 25.6 Å². The molecule has 1 fully saturated rings. The van der Waals surface area contributed by atoms with E-state index in [0.717, 1.165) is 10.5 Å². The molecule has 1 amide bonds. The van der Waals surface area contributed by atoms with Gasteiger partial charge in [-0.3, -0.25) is 0 Å². The SMILES string of the molecule is CCC1CN(C(=O)OCc2ccccc2)C[C@@]1(F)C(=O)O. The number of alkyl halides is 1. The van der Waals surface area contributed by atoms with E-state index in [4.69, 9.17) is 9.84 Å². The highest BCUT2D eigenvalue weighted by molar-refractivity contribution is 5.80. The summed E-state index contributed by atoms with van der Waals surface area (Å²) in [5.74, 6) is -2.23. The number of halogens is 1. The first-order valence-corrected chi connectivity index (χ1v) is 6.85. The Bertz CT molecular complexity index is 522. The minimum atomic E-state index is -2.39. The molecule has 1 heterocycles. The van der Waals surface area contributed by atoms with Gasteiger partial charge in [-0.2, -0.15) is 0 Å². The zero-order valence-corrected chi connectivity index (χ0v) is 11.8. The number of carbonyl (C=O) groups is 2. The molecular weight excluding hydrogens is 277 g/mol. The summed E-state index contributed by atoms with van der Waals surface area (Å²) in [7, 11) is 0. The summed E-state index contributed by atoms with van der Waals surface area (Å²) in [6.45, 7) is 1.39. The van der Waals surface area contributed by atoms with Gasteiger partial charge in [0.05, 0.1) is 6.54 Å². The van der Waals surface area contributed by atoms with Gasteiger partial charge in [0, 0.05) is 12.5 Å². The maximum Gasteiger partial charge on any atom is 0.410 e. The van der Waals surface area contributed by atoms with E-state index in [1.807, 2.05) is 30.3 Å². The van der Waals surface area contributed by atoms with Crippen LogP contribution in [0.25, 0.3) is 0 Å². The number of likely N-dealkylation sites (tertiary alicyclic amines) is 1. The lowest BCUT2D eigenvalue weighted by molar-refractivity contribution is -0.152. The van der Waals surface area contributed by atoms with Gasteiger partial charge < -0.3 is 14.7 Å². The molecule has 0 aromatic heterocycles. The number of carboxylic acids is 1. The molecule has 1 aromatic rings. The van der Waals surface area contributed by atoms with E-state index in [-0.39, 0.29) is 13.2 Å². The fourth-order valence-corrected chi connectivity index (χ4v) is 2.53. The van der Waals surface area contributed by atoms with Crippen LogP contribution in [0.2, 0.25) is 0 Å². The molecule has 0 saturated carbocycles. The third-order valence-electron chi connectivity index (χ3n) is 3.82. The molecule has 2 rings (SSSR count). The first kappa shape index (κ1) is 15.3. The van der Waals surface area contributed by atoms with E-state index in [1.165, 1.54) is 0 Å². The Hall–Kier alpha value is -2.11. The van der Waals surface area contributed by atoms with E-state index in [1.54, 1.807) is 6.92 Å². The number of aliphatic carboxylic acids is 1. The van der Waals surface area contributed by atoms with E-state index in [2.05, 4.69) is 0 Å². The number of benzene rings is 1. The fraction of sp³-hybridized carbons (Fsp3) is 0.467. The van der Waals surface area contributed by atoms with E-state index < -0.39 is 30.2 Å². The zero-order chi connectivity index (χ0) is 15.5. The van der Waals surface area contributed by atoms with Crippen molar-refractivity contribution >= 4 is 12.1 Å². The van der Waals surface area contributed by atoms with Gasteiger partial charge in [0.25, 0.3) is 0 Å². The molecule has 21 heavy (non-hydrogen) atoms. The van der Waals surface area contributed by atoms with E-state index in [9.17, 15) is 14.0 Å². The maximum atomic E-state index is 14.4. The number of rotatable bonds is 4. The Balaban J connectivity index is 1.96. The molecule has 1 N–H and O–H groups in total. The van der Waals surface area contributed by atoms with Crippen molar-refractivity contribution < 1.29 is 23.8 Å². The zero-order valence-electron chi connectivity index (χ0n) is 11.8. The van der Waals surface area contributed by atoms with Crippen molar-refractivity contribution in [1.82, 2.24) is 4.90 Å². The third-order valence-corrected chi connectivity index (χ3v) is 3.82. The molecule has 0 aliphatic carbocycles. The van der Waals surface area contributed by atoms with Gasteiger partial charge in [0.15, 0.2) is 0 Å². The van der Waals surface area contributed by atoms with Crippen LogP contribution in [0.4, 0.5) is 9.18 Å². The Kier molecular flexibility index (Phi) is 4.45. The summed E-state index contributed by atoms with van der Waals surface area (Å²) in [6, 6.07) is 9.11. The normalized spacial score (nSPS) is 24.9. The van der Waals surface area contributed by atoms with Crippen LogP contribution in [0.5, 0.6) is 0 Å². The Morgan fingerprint density at radius 1 is 1.43 bits per heavy atom. The minimum absolute atomic E-state index is 0.0624. The van der Waals surface area contributed by atoms with E-state index >= 15 is 0 Å². The predicted octanol–water partition coefficient (Wildman–Crippen LogP) is 2.46. The summed E-state index contributed by atoms with van der Waals surface area (Å²) in [6.07, 6.45) is -0.330. The Morgan fingerprint density at radius 2 is 2.10 bits per heavy atom. The standard InChI is InChI=1S/C15H18FNO4/c1-2-12-8-17(10-15(12,16)13(18)19)14(20)21-9-11-6-4-3-5-7-11/h3-7,12H,2,8-10H2,1H3,(H,18,19)/t12?,15-/m0/s1. The topological polar surface area (TPSA) is 66.8 Å². The van der Waals surface area contributed by atoms with Gasteiger partial charge in [0.2, 0.25) is 5.67 Å². The molecular formula is C15H18FNO4. The lowest BCUT2D eigenvalue weighted by Crippen LogP contribution is -2.42. The maximum absolute atomic E-state index is 14.4. The van der Waals surface area contributed by atoms with Crippen molar-refractivity contribution in [3.63, 3.8) is 0 Å². The van der Waals surface area contributed by atoms with Crippen molar-refractivity contribution in [2.24, 2.45) is 5.92 Å². The molecule has 0 spiro atoms. The number of carbonyl (C=O) groups excluding carboxylic acids is 1. The molecule has 114 valence electrons. The quantitative estimate of drug-likeness (QED) is 0.926. The molecule has 1 unspecified atom stereocenters. The summed E-state index contributed by atoms with van der Waals surface area (Å²) in [4.78, 5) is 24.2. The third kappa shape index (κ3) is 3.15. The lowest BCUT2D eigenvalue weighted by Gasteiger charge is -2.19. The van der Waals surface area contributed by atoms with Crippen LogP contribution in [-0.4, -0.2) is 40.8 Å². The van der Waals surface area contributed by atoms with Crippen LogP contribution in [0.3, 0.4) is 0 Å². The smallest absolute Gasteiger partial charge is 0.410 e. The van der Waals surface area contributed by atoms with Crippen molar-refractivity contribution in [1.29, 1.82) is 0 Å². The van der Waals surface area contributed by atoms with Crippen molar-refractivity contribution in [3.05, 3.63) is 35.9 Å². The number of amides is 1. The molecule has 1 saturated heterocycles. The average molecular weight is 295 g/mol. The second kappa shape index (κ2) is 6.11. The van der Waals surface area contributed by atoms with Gasteiger partial charge in [-0.25, -0.2) is 14.0 Å². The summed E-state index contributed by atoms with van der Waals surface area (Å²) >= 11 is 0. The van der Waals surface area contributed by atoms with Crippen LogP contribution >= 0.6 is 0 Å².